The van der Waals surface area contributed by atoms with Crippen molar-refractivity contribution < 1.29 is 9.47 Å². The normalized spacial score (nSPS) is 12.2. The highest BCUT2D eigenvalue weighted by molar-refractivity contribution is 6.18. The summed E-state index contributed by atoms with van der Waals surface area (Å²) in [6.07, 6.45) is 4.84. The number of benzene rings is 1. The van der Waals surface area contributed by atoms with Gasteiger partial charge >= 0.3 is 0 Å². The van der Waals surface area contributed by atoms with Gasteiger partial charge in [-0.1, -0.05) is 33.1 Å². The zero-order valence-electron chi connectivity index (χ0n) is 13.3. The number of alkyl halides is 2. The summed E-state index contributed by atoms with van der Waals surface area (Å²) in [5.41, 5.74) is 1.85. The number of ether oxygens (including phenoxy) is 2. The molecule has 2 nitrogen and oxygen atoms in total. The SMILES string of the molecule is CCCCC(CC)COc1cc(CCl)c(OC)c(CCl)c1. The monoisotopic (exact) mass is 332 g/mol. The predicted octanol–water partition coefficient (Wildman–Crippen LogP) is 5.77. The molecule has 0 spiro atoms. The summed E-state index contributed by atoms with van der Waals surface area (Å²) in [5, 5.41) is 0. The number of rotatable bonds is 10. The van der Waals surface area contributed by atoms with E-state index in [1.54, 1.807) is 7.11 Å². The quantitative estimate of drug-likeness (QED) is 0.506. The van der Waals surface area contributed by atoms with Crippen LogP contribution in [0.3, 0.4) is 0 Å². The van der Waals surface area contributed by atoms with E-state index in [0.29, 0.717) is 17.7 Å². The molecule has 120 valence electrons. The first-order valence-electron chi connectivity index (χ1n) is 7.64. The number of hydrogen-bond acceptors (Lipinski definition) is 2. The minimum absolute atomic E-state index is 0.386. The Morgan fingerprint density at radius 2 is 1.71 bits per heavy atom. The molecule has 0 heterocycles. The molecule has 1 unspecified atom stereocenters. The third-order valence-electron chi connectivity index (χ3n) is 3.74. The van der Waals surface area contributed by atoms with Crippen LogP contribution in [0.1, 0.15) is 50.7 Å². The maximum atomic E-state index is 5.99. The lowest BCUT2D eigenvalue weighted by molar-refractivity contribution is 0.233. The maximum absolute atomic E-state index is 5.99. The Morgan fingerprint density at radius 3 is 2.14 bits per heavy atom. The molecule has 1 rings (SSSR count). The van der Waals surface area contributed by atoms with E-state index in [9.17, 15) is 0 Å². The molecule has 1 aromatic rings. The summed E-state index contributed by atoms with van der Waals surface area (Å²) in [7, 11) is 1.64. The van der Waals surface area contributed by atoms with Crippen LogP contribution >= 0.6 is 23.2 Å². The smallest absolute Gasteiger partial charge is 0.127 e. The molecule has 4 heteroatoms. The summed E-state index contributed by atoms with van der Waals surface area (Å²) >= 11 is 12.0. The van der Waals surface area contributed by atoms with Crippen LogP contribution in [0.15, 0.2) is 12.1 Å². The third-order valence-corrected chi connectivity index (χ3v) is 4.31. The number of hydrogen-bond donors (Lipinski definition) is 0. The fourth-order valence-electron chi connectivity index (χ4n) is 2.38. The minimum atomic E-state index is 0.386. The highest BCUT2D eigenvalue weighted by Gasteiger charge is 2.13. The fourth-order valence-corrected chi connectivity index (χ4v) is 2.78. The molecule has 0 bridgehead atoms. The molecule has 0 fully saturated rings. The molecule has 0 aliphatic heterocycles. The van der Waals surface area contributed by atoms with E-state index in [-0.39, 0.29) is 0 Å². The fraction of sp³-hybridized carbons (Fsp3) is 0.647. The van der Waals surface area contributed by atoms with Gasteiger partial charge in [-0.25, -0.2) is 0 Å². The second-order valence-corrected chi connectivity index (χ2v) is 5.80. The predicted molar refractivity (Wildman–Crippen MR) is 90.9 cm³/mol. The van der Waals surface area contributed by atoms with Crippen LogP contribution in [0, 0.1) is 5.92 Å². The first kappa shape index (κ1) is 18.4. The van der Waals surface area contributed by atoms with Gasteiger partial charge in [0.2, 0.25) is 0 Å². The lowest BCUT2D eigenvalue weighted by Gasteiger charge is -2.18. The highest BCUT2D eigenvalue weighted by atomic mass is 35.5. The number of unbranched alkanes of at least 4 members (excludes halogenated alkanes) is 1. The topological polar surface area (TPSA) is 18.5 Å². The minimum Gasteiger partial charge on any atom is -0.496 e. The molecule has 0 aliphatic carbocycles. The lowest BCUT2D eigenvalue weighted by Crippen LogP contribution is -2.11. The van der Waals surface area contributed by atoms with Crippen LogP contribution < -0.4 is 9.47 Å². The molecule has 0 N–H and O–H groups in total. The standard InChI is InChI=1S/C17H26Cl2O2/c1-4-6-7-13(5-2)12-21-16-8-14(10-18)17(20-3)15(9-16)11-19/h8-9,13H,4-7,10-12H2,1-3H3. The molecule has 21 heavy (non-hydrogen) atoms. The van der Waals surface area contributed by atoms with Gasteiger partial charge in [-0.3, -0.25) is 0 Å². The first-order chi connectivity index (χ1) is 10.2. The van der Waals surface area contributed by atoms with Crippen molar-refractivity contribution in [3.05, 3.63) is 23.3 Å². The lowest BCUT2D eigenvalue weighted by atomic mass is 10.0. The molecule has 0 radical (unpaired) electrons. The van der Waals surface area contributed by atoms with Gasteiger partial charge in [0.15, 0.2) is 0 Å². The van der Waals surface area contributed by atoms with E-state index in [0.717, 1.165) is 35.7 Å². The van der Waals surface area contributed by atoms with Gasteiger partial charge in [0.25, 0.3) is 0 Å². The van der Waals surface area contributed by atoms with E-state index in [1.807, 2.05) is 12.1 Å². The highest BCUT2D eigenvalue weighted by Crippen LogP contribution is 2.32. The van der Waals surface area contributed by atoms with Gasteiger partial charge in [0.05, 0.1) is 25.5 Å². The zero-order valence-corrected chi connectivity index (χ0v) is 14.8. The van der Waals surface area contributed by atoms with Crippen molar-refractivity contribution in [1.29, 1.82) is 0 Å². The average Bonchev–Trinajstić information content (AvgIpc) is 2.53. The Morgan fingerprint density at radius 1 is 1.10 bits per heavy atom. The summed E-state index contributed by atoms with van der Waals surface area (Å²) in [5.74, 6) is 2.97. The second-order valence-electron chi connectivity index (χ2n) is 5.27. The summed E-state index contributed by atoms with van der Waals surface area (Å²) in [6.45, 7) is 5.18. The van der Waals surface area contributed by atoms with Crippen molar-refractivity contribution in [2.75, 3.05) is 13.7 Å². The van der Waals surface area contributed by atoms with E-state index >= 15 is 0 Å². The third kappa shape index (κ3) is 5.60. The van der Waals surface area contributed by atoms with Crippen LogP contribution in [0.25, 0.3) is 0 Å². The molecule has 1 aromatic carbocycles. The second kappa shape index (κ2) is 10.2. The molecule has 0 saturated heterocycles. The van der Waals surface area contributed by atoms with Gasteiger partial charge in [0.1, 0.15) is 11.5 Å². The van der Waals surface area contributed by atoms with Crippen molar-refractivity contribution in [2.45, 2.75) is 51.3 Å². The van der Waals surface area contributed by atoms with Crippen LogP contribution in [0.5, 0.6) is 11.5 Å². The Kier molecular flexibility index (Phi) is 8.94. The Labute approximate surface area is 138 Å². The molecule has 0 saturated carbocycles. The molecular formula is C17H26Cl2O2. The Balaban J connectivity index is 2.78. The zero-order chi connectivity index (χ0) is 15.7. The molecule has 0 amide bonds. The molecule has 0 aromatic heterocycles. The van der Waals surface area contributed by atoms with Gasteiger partial charge in [0, 0.05) is 11.1 Å². The van der Waals surface area contributed by atoms with Crippen LogP contribution in [-0.4, -0.2) is 13.7 Å². The van der Waals surface area contributed by atoms with Crippen molar-refractivity contribution in [2.24, 2.45) is 5.92 Å². The van der Waals surface area contributed by atoms with E-state index in [2.05, 4.69) is 13.8 Å². The van der Waals surface area contributed by atoms with Gasteiger partial charge in [-0.15, -0.1) is 23.2 Å². The van der Waals surface area contributed by atoms with Crippen molar-refractivity contribution in [1.82, 2.24) is 0 Å². The maximum Gasteiger partial charge on any atom is 0.127 e. The van der Waals surface area contributed by atoms with E-state index < -0.39 is 0 Å². The molecule has 0 aliphatic rings. The van der Waals surface area contributed by atoms with Crippen molar-refractivity contribution >= 4 is 23.2 Å². The van der Waals surface area contributed by atoms with Crippen LogP contribution in [-0.2, 0) is 11.8 Å². The molecule has 1 atom stereocenters. The molecular weight excluding hydrogens is 307 g/mol. The first-order valence-corrected chi connectivity index (χ1v) is 8.71. The Hall–Kier alpha value is -0.600. The van der Waals surface area contributed by atoms with Crippen molar-refractivity contribution in [3.63, 3.8) is 0 Å². The summed E-state index contributed by atoms with van der Waals surface area (Å²) < 4.78 is 11.4. The average molecular weight is 333 g/mol. The Bertz CT molecular complexity index is 396. The van der Waals surface area contributed by atoms with Gasteiger partial charge < -0.3 is 9.47 Å². The van der Waals surface area contributed by atoms with Crippen molar-refractivity contribution in [3.8, 4) is 11.5 Å². The van der Waals surface area contributed by atoms with Crippen LogP contribution in [0.2, 0.25) is 0 Å². The largest absolute Gasteiger partial charge is 0.496 e. The summed E-state index contributed by atoms with van der Waals surface area (Å²) in [6, 6.07) is 3.91. The van der Waals surface area contributed by atoms with Gasteiger partial charge in [-0.05, 0) is 24.5 Å². The number of methoxy groups -OCH3 is 1. The summed E-state index contributed by atoms with van der Waals surface area (Å²) in [4.78, 5) is 0. The van der Waals surface area contributed by atoms with E-state index in [4.69, 9.17) is 32.7 Å². The van der Waals surface area contributed by atoms with Crippen LogP contribution in [0.4, 0.5) is 0 Å². The van der Waals surface area contributed by atoms with Gasteiger partial charge in [-0.2, -0.15) is 0 Å². The number of halogens is 2. The van der Waals surface area contributed by atoms with E-state index in [1.165, 1.54) is 19.3 Å².